The summed E-state index contributed by atoms with van der Waals surface area (Å²) in [6.07, 6.45) is 2.88. The number of hydrogen-bond acceptors (Lipinski definition) is 3. The smallest absolute Gasteiger partial charge is 0.243 e. The molecule has 0 bridgehead atoms. The van der Waals surface area contributed by atoms with Gasteiger partial charge in [0.2, 0.25) is 15.9 Å². The van der Waals surface area contributed by atoms with E-state index in [-0.39, 0.29) is 16.8 Å². The molecule has 1 atom stereocenters. The molecule has 5 nitrogen and oxygen atoms in total. The molecule has 0 saturated carbocycles. The monoisotopic (exact) mass is 338 g/mol. The molecular weight excluding hydrogens is 312 g/mol. The number of piperidine rings is 1. The standard InChI is InChI=1S/C17H26N2O3S/c1-13-7-5-6-12-19(13)23(21,22)15-10-8-14(9-11-15)18-16(20)17(2,3)4/h8-11,13H,5-7,12H2,1-4H3,(H,18,20)/t13-/m0/s1. The van der Waals surface area contributed by atoms with Gasteiger partial charge in [-0.3, -0.25) is 4.79 Å². The van der Waals surface area contributed by atoms with E-state index >= 15 is 0 Å². The third kappa shape index (κ3) is 4.12. The average Bonchev–Trinajstić information content (AvgIpc) is 2.47. The lowest BCUT2D eigenvalue weighted by Crippen LogP contribution is -2.41. The Kier molecular flexibility index (Phi) is 5.16. The average molecular weight is 338 g/mol. The number of sulfonamides is 1. The Morgan fingerprint density at radius 3 is 2.30 bits per heavy atom. The molecule has 0 radical (unpaired) electrons. The Morgan fingerprint density at radius 1 is 1.17 bits per heavy atom. The number of amides is 1. The zero-order valence-corrected chi connectivity index (χ0v) is 15.1. The molecule has 1 amide bonds. The zero-order chi connectivity index (χ0) is 17.3. The molecule has 6 heteroatoms. The maximum Gasteiger partial charge on any atom is 0.243 e. The van der Waals surface area contributed by atoms with Gasteiger partial charge in [0.05, 0.1) is 4.90 Å². The molecule has 1 aliphatic rings. The molecule has 1 fully saturated rings. The summed E-state index contributed by atoms with van der Waals surface area (Å²) in [5.74, 6) is -0.0993. The molecule has 1 N–H and O–H groups in total. The van der Waals surface area contributed by atoms with Crippen LogP contribution in [0, 0.1) is 5.41 Å². The Balaban J connectivity index is 2.17. The van der Waals surface area contributed by atoms with Crippen LogP contribution in [0.5, 0.6) is 0 Å². The van der Waals surface area contributed by atoms with Gasteiger partial charge in [-0.25, -0.2) is 8.42 Å². The van der Waals surface area contributed by atoms with Gasteiger partial charge >= 0.3 is 0 Å². The molecule has 0 unspecified atom stereocenters. The summed E-state index contributed by atoms with van der Waals surface area (Å²) in [5, 5.41) is 2.80. The van der Waals surface area contributed by atoms with Gasteiger partial charge in [-0.2, -0.15) is 4.31 Å². The van der Waals surface area contributed by atoms with E-state index in [9.17, 15) is 13.2 Å². The number of carbonyl (C=O) groups is 1. The highest BCUT2D eigenvalue weighted by atomic mass is 32.2. The lowest BCUT2D eigenvalue weighted by atomic mass is 9.95. The molecular formula is C17H26N2O3S. The number of anilines is 1. The number of hydrogen-bond donors (Lipinski definition) is 1. The van der Waals surface area contributed by atoms with Crippen LogP contribution in [0.25, 0.3) is 0 Å². The van der Waals surface area contributed by atoms with Crippen molar-refractivity contribution in [3.63, 3.8) is 0 Å². The second-order valence-corrected chi connectivity index (χ2v) is 9.08. The predicted molar refractivity (Wildman–Crippen MR) is 91.7 cm³/mol. The first-order chi connectivity index (χ1) is 10.6. The van der Waals surface area contributed by atoms with Crippen LogP contribution in [0.1, 0.15) is 47.0 Å². The summed E-state index contributed by atoms with van der Waals surface area (Å²) < 4.78 is 27.0. The van der Waals surface area contributed by atoms with Gasteiger partial charge in [0, 0.05) is 23.7 Å². The van der Waals surface area contributed by atoms with Gasteiger partial charge < -0.3 is 5.32 Å². The first-order valence-electron chi connectivity index (χ1n) is 8.06. The summed E-state index contributed by atoms with van der Waals surface area (Å²) in [6.45, 7) is 8.03. The van der Waals surface area contributed by atoms with Gasteiger partial charge in [0.15, 0.2) is 0 Å². The fourth-order valence-corrected chi connectivity index (χ4v) is 4.29. The molecule has 0 spiro atoms. The molecule has 0 aliphatic carbocycles. The summed E-state index contributed by atoms with van der Waals surface area (Å²) in [6, 6.07) is 6.45. The molecule has 128 valence electrons. The summed E-state index contributed by atoms with van der Waals surface area (Å²) >= 11 is 0. The van der Waals surface area contributed by atoms with Gasteiger partial charge in [-0.05, 0) is 44.0 Å². The van der Waals surface area contributed by atoms with Crippen molar-refractivity contribution in [2.24, 2.45) is 5.41 Å². The summed E-state index contributed by atoms with van der Waals surface area (Å²) in [7, 11) is -3.46. The highest BCUT2D eigenvalue weighted by molar-refractivity contribution is 7.89. The minimum atomic E-state index is -3.46. The van der Waals surface area contributed by atoms with E-state index in [1.807, 2.05) is 27.7 Å². The molecule has 2 rings (SSSR count). The molecule has 1 aliphatic heterocycles. The van der Waals surface area contributed by atoms with E-state index in [4.69, 9.17) is 0 Å². The van der Waals surface area contributed by atoms with Crippen molar-refractivity contribution in [1.82, 2.24) is 4.31 Å². The second-order valence-electron chi connectivity index (χ2n) is 7.19. The van der Waals surface area contributed by atoms with Crippen LogP contribution in [0.2, 0.25) is 0 Å². The molecule has 1 saturated heterocycles. The van der Waals surface area contributed by atoms with Crippen molar-refractivity contribution in [3.8, 4) is 0 Å². The van der Waals surface area contributed by atoms with Gasteiger partial charge in [-0.15, -0.1) is 0 Å². The second kappa shape index (κ2) is 6.61. The number of carbonyl (C=O) groups excluding carboxylic acids is 1. The fourth-order valence-electron chi connectivity index (χ4n) is 2.59. The maximum atomic E-state index is 12.7. The summed E-state index contributed by atoms with van der Waals surface area (Å²) in [4.78, 5) is 12.2. The van der Waals surface area contributed by atoms with E-state index in [0.717, 1.165) is 19.3 Å². The van der Waals surface area contributed by atoms with Crippen LogP contribution >= 0.6 is 0 Å². The van der Waals surface area contributed by atoms with Crippen LogP contribution in [0.3, 0.4) is 0 Å². The zero-order valence-electron chi connectivity index (χ0n) is 14.3. The first kappa shape index (κ1) is 17.9. The molecule has 0 aromatic heterocycles. The molecule has 23 heavy (non-hydrogen) atoms. The normalized spacial score (nSPS) is 20.3. The Morgan fingerprint density at radius 2 is 1.78 bits per heavy atom. The number of rotatable bonds is 3. The predicted octanol–water partition coefficient (Wildman–Crippen LogP) is 3.23. The van der Waals surface area contributed by atoms with Crippen molar-refractivity contribution >= 4 is 21.6 Å². The Labute approximate surface area is 139 Å². The number of nitrogens with one attached hydrogen (secondary N) is 1. The van der Waals surface area contributed by atoms with Crippen molar-refractivity contribution in [2.45, 2.75) is 57.9 Å². The van der Waals surface area contributed by atoms with Gasteiger partial charge in [0.25, 0.3) is 0 Å². The fraction of sp³-hybridized carbons (Fsp3) is 0.588. The van der Waals surface area contributed by atoms with E-state index < -0.39 is 15.4 Å². The Hall–Kier alpha value is -1.40. The minimum absolute atomic E-state index is 0.0361. The highest BCUT2D eigenvalue weighted by Gasteiger charge is 2.30. The van der Waals surface area contributed by atoms with Gasteiger partial charge in [0.1, 0.15) is 0 Å². The molecule has 1 aromatic carbocycles. The lowest BCUT2D eigenvalue weighted by Gasteiger charge is -2.32. The van der Waals surface area contributed by atoms with E-state index in [1.54, 1.807) is 28.6 Å². The minimum Gasteiger partial charge on any atom is -0.326 e. The van der Waals surface area contributed by atoms with E-state index in [2.05, 4.69) is 5.32 Å². The van der Waals surface area contributed by atoms with Gasteiger partial charge in [-0.1, -0.05) is 27.2 Å². The summed E-state index contributed by atoms with van der Waals surface area (Å²) in [5.41, 5.74) is 0.115. The highest BCUT2D eigenvalue weighted by Crippen LogP contribution is 2.26. The lowest BCUT2D eigenvalue weighted by molar-refractivity contribution is -0.123. The SMILES string of the molecule is C[C@H]1CCCCN1S(=O)(=O)c1ccc(NC(=O)C(C)(C)C)cc1. The third-order valence-electron chi connectivity index (χ3n) is 4.14. The molecule has 1 heterocycles. The van der Waals surface area contributed by atoms with Crippen LogP contribution < -0.4 is 5.32 Å². The number of nitrogens with zero attached hydrogens (tertiary/aromatic N) is 1. The van der Waals surface area contributed by atoms with Crippen molar-refractivity contribution in [3.05, 3.63) is 24.3 Å². The van der Waals surface area contributed by atoms with E-state index in [0.29, 0.717) is 12.2 Å². The van der Waals surface area contributed by atoms with Crippen LogP contribution in [0.15, 0.2) is 29.2 Å². The van der Waals surface area contributed by atoms with E-state index in [1.165, 1.54) is 0 Å². The third-order valence-corrected chi connectivity index (χ3v) is 6.17. The van der Waals surface area contributed by atoms with Crippen LogP contribution in [-0.4, -0.2) is 31.2 Å². The quantitative estimate of drug-likeness (QED) is 0.920. The topological polar surface area (TPSA) is 66.5 Å². The Bertz CT molecular complexity index is 660. The molecule has 1 aromatic rings. The van der Waals surface area contributed by atoms with Crippen molar-refractivity contribution in [1.29, 1.82) is 0 Å². The maximum absolute atomic E-state index is 12.7. The number of benzene rings is 1. The van der Waals surface area contributed by atoms with Crippen molar-refractivity contribution < 1.29 is 13.2 Å². The van der Waals surface area contributed by atoms with Crippen LogP contribution in [-0.2, 0) is 14.8 Å². The van der Waals surface area contributed by atoms with Crippen LogP contribution in [0.4, 0.5) is 5.69 Å². The first-order valence-corrected chi connectivity index (χ1v) is 9.50. The largest absolute Gasteiger partial charge is 0.326 e. The van der Waals surface area contributed by atoms with Crippen molar-refractivity contribution in [2.75, 3.05) is 11.9 Å².